The number of amides is 1. The quantitative estimate of drug-likeness (QED) is 0.526. The molecule has 2 aromatic heterocycles. The summed E-state index contributed by atoms with van der Waals surface area (Å²) in [6, 6.07) is 11.3. The van der Waals surface area contributed by atoms with Crippen LogP contribution in [0.15, 0.2) is 46.3 Å². The number of thiophene rings is 1. The van der Waals surface area contributed by atoms with Crippen molar-refractivity contribution in [2.45, 2.75) is 32.4 Å². The molecule has 1 saturated heterocycles. The maximum atomic E-state index is 12.8. The van der Waals surface area contributed by atoms with Gasteiger partial charge in [0.15, 0.2) is 11.5 Å². The number of para-hydroxylation sites is 2. The normalized spacial score (nSPS) is 17.6. The lowest BCUT2D eigenvalue weighted by Crippen LogP contribution is -2.46. The monoisotopic (exact) mass is 456 g/mol. The fourth-order valence-electron chi connectivity index (χ4n) is 3.78. The van der Waals surface area contributed by atoms with E-state index < -0.39 is 0 Å². The molecule has 4 rings (SSSR count). The first-order valence-corrected chi connectivity index (χ1v) is 11.7. The standard InChI is InChI=1S/C23H28N4O4S/c1-16(15-30-19-9-4-3-8-18(19)29-2)24-23(28)17-7-5-11-27(13-17)14-21-25-22(26-31-21)20-10-6-12-32-20/h3-4,6,8-10,12,16-17H,5,7,11,13-15H2,1-2H3,(H,24,28). The molecule has 1 aromatic carbocycles. The van der Waals surface area contributed by atoms with E-state index >= 15 is 0 Å². The SMILES string of the molecule is COc1ccccc1OCC(C)NC(=O)C1CCCN(Cc2nc(-c3cccs3)no2)C1. The molecule has 32 heavy (non-hydrogen) atoms. The average Bonchev–Trinajstić information content (AvgIpc) is 3.50. The van der Waals surface area contributed by atoms with Crippen LogP contribution in [0.5, 0.6) is 11.5 Å². The summed E-state index contributed by atoms with van der Waals surface area (Å²) in [5.74, 6) is 2.52. The number of methoxy groups -OCH3 is 1. The van der Waals surface area contributed by atoms with E-state index in [4.69, 9.17) is 14.0 Å². The van der Waals surface area contributed by atoms with Gasteiger partial charge in [-0.15, -0.1) is 11.3 Å². The van der Waals surface area contributed by atoms with E-state index in [1.807, 2.05) is 48.7 Å². The lowest BCUT2D eigenvalue weighted by molar-refractivity contribution is -0.127. The summed E-state index contributed by atoms with van der Waals surface area (Å²) in [7, 11) is 1.61. The van der Waals surface area contributed by atoms with Crippen LogP contribution in [0.1, 0.15) is 25.7 Å². The van der Waals surface area contributed by atoms with E-state index in [9.17, 15) is 4.79 Å². The molecule has 0 saturated carbocycles. The predicted molar refractivity (Wildman–Crippen MR) is 122 cm³/mol. The summed E-state index contributed by atoms with van der Waals surface area (Å²) in [5.41, 5.74) is 0. The predicted octanol–water partition coefficient (Wildman–Crippen LogP) is 3.60. The van der Waals surface area contributed by atoms with Crippen molar-refractivity contribution >= 4 is 17.2 Å². The first-order chi connectivity index (χ1) is 15.6. The van der Waals surface area contributed by atoms with Crippen LogP contribution >= 0.6 is 11.3 Å². The first kappa shape index (κ1) is 22.3. The fraction of sp³-hybridized carbons (Fsp3) is 0.435. The van der Waals surface area contributed by atoms with E-state index in [2.05, 4.69) is 20.4 Å². The van der Waals surface area contributed by atoms with Gasteiger partial charge < -0.3 is 19.3 Å². The molecule has 0 aliphatic carbocycles. The smallest absolute Gasteiger partial charge is 0.241 e. The van der Waals surface area contributed by atoms with Gasteiger partial charge in [-0.2, -0.15) is 4.98 Å². The van der Waals surface area contributed by atoms with Gasteiger partial charge in [0.05, 0.1) is 30.5 Å². The summed E-state index contributed by atoms with van der Waals surface area (Å²) >= 11 is 1.58. The number of hydrogen-bond donors (Lipinski definition) is 1. The second kappa shape index (κ2) is 10.6. The van der Waals surface area contributed by atoms with Crippen LogP contribution in [-0.4, -0.2) is 53.8 Å². The van der Waals surface area contributed by atoms with Gasteiger partial charge in [-0.3, -0.25) is 9.69 Å². The van der Waals surface area contributed by atoms with E-state index in [0.717, 1.165) is 24.3 Å². The fourth-order valence-corrected chi connectivity index (χ4v) is 4.43. The number of benzene rings is 1. The van der Waals surface area contributed by atoms with Gasteiger partial charge in [-0.25, -0.2) is 0 Å². The van der Waals surface area contributed by atoms with Crippen LogP contribution < -0.4 is 14.8 Å². The zero-order valence-corrected chi connectivity index (χ0v) is 19.1. The summed E-state index contributed by atoms with van der Waals surface area (Å²) in [6.45, 7) is 4.44. The Labute approximate surface area is 191 Å². The molecule has 0 spiro atoms. The lowest BCUT2D eigenvalue weighted by Gasteiger charge is -2.31. The van der Waals surface area contributed by atoms with Crippen molar-refractivity contribution in [2.24, 2.45) is 5.92 Å². The minimum atomic E-state index is -0.118. The van der Waals surface area contributed by atoms with Gasteiger partial charge in [0.2, 0.25) is 17.6 Å². The van der Waals surface area contributed by atoms with Crippen LogP contribution in [0, 0.1) is 5.92 Å². The average molecular weight is 457 g/mol. The molecule has 0 radical (unpaired) electrons. The molecule has 3 aromatic rings. The minimum Gasteiger partial charge on any atom is -0.493 e. The Balaban J connectivity index is 1.26. The van der Waals surface area contributed by atoms with Crippen molar-refractivity contribution in [3.63, 3.8) is 0 Å². The molecular weight excluding hydrogens is 428 g/mol. The summed E-state index contributed by atoms with van der Waals surface area (Å²) < 4.78 is 16.6. The maximum absolute atomic E-state index is 12.8. The van der Waals surface area contributed by atoms with Crippen LogP contribution in [0.3, 0.4) is 0 Å². The molecule has 170 valence electrons. The van der Waals surface area contributed by atoms with Crippen molar-refractivity contribution in [3.05, 3.63) is 47.7 Å². The third-order valence-corrected chi connectivity index (χ3v) is 6.26. The number of likely N-dealkylation sites (tertiary alicyclic amines) is 1. The van der Waals surface area contributed by atoms with E-state index in [-0.39, 0.29) is 17.9 Å². The highest BCUT2D eigenvalue weighted by Crippen LogP contribution is 2.26. The second-order valence-corrected chi connectivity index (χ2v) is 8.88. The van der Waals surface area contributed by atoms with Gasteiger partial charge in [0, 0.05) is 6.54 Å². The zero-order valence-electron chi connectivity index (χ0n) is 18.3. The van der Waals surface area contributed by atoms with Crippen LogP contribution in [0.2, 0.25) is 0 Å². The molecule has 8 nitrogen and oxygen atoms in total. The Morgan fingerprint density at radius 3 is 2.94 bits per heavy atom. The molecule has 1 aliphatic rings. The number of rotatable bonds is 9. The van der Waals surface area contributed by atoms with Gasteiger partial charge in [0.25, 0.3) is 0 Å². The number of carbonyl (C=O) groups excluding carboxylic acids is 1. The maximum Gasteiger partial charge on any atom is 0.241 e. The lowest BCUT2D eigenvalue weighted by atomic mass is 9.97. The number of piperidine rings is 1. The van der Waals surface area contributed by atoms with Crippen molar-refractivity contribution < 1.29 is 18.8 Å². The Morgan fingerprint density at radius 1 is 1.31 bits per heavy atom. The Hall–Kier alpha value is -2.91. The van der Waals surface area contributed by atoms with Gasteiger partial charge in [-0.05, 0) is 49.9 Å². The summed E-state index contributed by atoms with van der Waals surface area (Å²) in [6.07, 6.45) is 1.82. The number of carbonyl (C=O) groups is 1. The first-order valence-electron chi connectivity index (χ1n) is 10.8. The van der Waals surface area contributed by atoms with Crippen molar-refractivity contribution in [2.75, 3.05) is 26.8 Å². The van der Waals surface area contributed by atoms with Gasteiger partial charge in [0.1, 0.15) is 6.61 Å². The molecule has 0 bridgehead atoms. The third kappa shape index (κ3) is 5.66. The highest BCUT2D eigenvalue weighted by atomic mass is 32.1. The molecule has 1 fully saturated rings. The number of nitrogens with zero attached hydrogens (tertiary/aromatic N) is 3. The van der Waals surface area contributed by atoms with E-state index in [1.165, 1.54) is 0 Å². The molecule has 2 atom stereocenters. The summed E-state index contributed by atoms with van der Waals surface area (Å²) in [4.78, 5) is 20.5. The highest BCUT2D eigenvalue weighted by molar-refractivity contribution is 7.13. The van der Waals surface area contributed by atoms with Gasteiger partial charge >= 0.3 is 0 Å². The topological polar surface area (TPSA) is 89.7 Å². The van der Waals surface area contributed by atoms with Crippen LogP contribution in [-0.2, 0) is 11.3 Å². The molecule has 3 heterocycles. The number of hydrogen-bond acceptors (Lipinski definition) is 8. The Bertz CT molecular complexity index is 1010. The highest BCUT2D eigenvalue weighted by Gasteiger charge is 2.27. The zero-order chi connectivity index (χ0) is 22.3. The Kier molecular flexibility index (Phi) is 7.39. The van der Waals surface area contributed by atoms with Crippen molar-refractivity contribution in [1.82, 2.24) is 20.4 Å². The molecule has 1 N–H and O–H groups in total. The van der Waals surface area contributed by atoms with E-state index in [0.29, 0.717) is 42.9 Å². The van der Waals surface area contributed by atoms with Crippen molar-refractivity contribution in [3.8, 4) is 22.2 Å². The number of nitrogens with one attached hydrogen (secondary N) is 1. The van der Waals surface area contributed by atoms with Crippen molar-refractivity contribution in [1.29, 1.82) is 0 Å². The number of ether oxygens (including phenoxy) is 2. The van der Waals surface area contributed by atoms with Crippen LogP contribution in [0.4, 0.5) is 0 Å². The molecular formula is C23H28N4O4S. The molecule has 2 unspecified atom stereocenters. The summed E-state index contributed by atoms with van der Waals surface area (Å²) in [5, 5.41) is 9.14. The Morgan fingerprint density at radius 2 is 2.16 bits per heavy atom. The largest absolute Gasteiger partial charge is 0.493 e. The number of aromatic nitrogens is 2. The third-order valence-electron chi connectivity index (χ3n) is 5.39. The van der Waals surface area contributed by atoms with Crippen LogP contribution in [0.25, 0.3) is 10.7 Å². The molecule has 9 heteroatoms. The van der Waals surface area contributed by atoms with Gasteiger partial charge in [-0.1, -0.05) is 23.4 Å². The minimum absolute atomic E-state index is 0.0515. The molecule has 1 aliphatic heterocycles. The molecule has 1 amide bonds. The second-order valence-electron chi connectivity index (χ2n) is 7.93. The van der Waals surface area contributed by atoms with E-state index in [1.54, 1.807) is 18.4 Å².